The fourth-order valence-electron chi connectivity index (χ4n) is 3.23. The second-order valence-corrected chi connectivity index (χ2v) is 6.69. The van der Waals surface area contributed by atoms with Crippen LogP contribution < -0.4 is 0 Å². The Morgan fingerprint density at radius 1 is 1.21 bits per heavy atom. The van der Waals surface area contributed by atoms with E-state index in [0.717, 1.165) is 6.07 Å². The second-order valence-electron chi connectivity index (χ2n) is 6.69. The van der Waals surface area contributed by atoms with Crippen molar-refractivity contribution in [1.82, 2.24) is 25.4 Å². The number of aromatic nitrogens is 4. The normalized spacial score (nSPS) is 15.2. The largest absolute Gasteiger partial charge is 0.342 e. The Bertz CT molecular complexity index is 995. The topological polar surface area (TPSA) is 98.2 Å². The molecule has 2 aromatic heterocycles. The van der Waals surface area contributed by atoms with Crippen molar-refractivity contribution >= 4 is 5.91 Å². The van der Waals surface area contributed by atoms with Gasteiger partial charge in [-0.2, -0.15) is 4.98 Å². The van der Waals surface area contributed by atoms with E-state index in [2.05, 4.69) is 25.1 Å². The fraction of sp³-hybridized carbons (Fsp3) is 0.389. The van der Waals surface area contributed by atoms with Gasteiger partial charge in [-0.25, -0.2) is 13.4 Å². The lowest BCUT2D eigenvalue weighted by Gasteiger charge is -2.30. The van der Waals surface area contributed by atoms with E-state index >= 15 is 0 Å². The summed E-state index contributed by atoms with van der Waals surface area (Å²) in [4.78, 5) is 18.4. The lowest BCUT2D eigenvalue weighted by atomic mass is 9.96. The highest BCUT2D eigenvalue weighted by molar-refractivity contribution is 5.78. The summed E-state index contributed by atoms with van der Waals surface area (Å²) in [6.07, 6.45) is 1.41. The van der Waals surface area contributed by atoms with Gasteiger partial charge in [-0.05, 0) is 31.9 Å². The van der Waals surface area contributed by atoms with E-state index in [4.69, 9.17) is 4.52 Å². The third kappa shape index (κ3) is 3.49. The van der Waals surface area contributed by atoms with Gasteiger partial charge in [0.15, 0.2) is 11.6 Å². The van der Waals surface area contributed by atoms with Gasteiger partial charge in [-0.15, -0.1) is 0 Å². The van der Waals surface area contributed by atoms with Gasteiger partial charge in [0.1, 0.15) is 11.4 Å². The number of hydrogen-bond donors (Lipinski definition) is 0. The van der Waals surface area contributed by atoms with Crippen LogP contribution >= 0.6 is 0 Å². The van der Waals surface area contributed by atoms with Crippen molar-refractivity contribution in [2.45, 2.75) is 32.1 Å². The molecule has 0 bridgehead atoms. The molecule has 0 saturated carbocycles. The number of carbonyl (C=O) groups excluding carboxylic acids is 1. The van der Waals surface area contributed by atoms with Gasteiger partial charge in [-0.3, -0.25) is 4.79 Å². The third-order valence-electron chi connectivity index (χ3n) is 4.90. The molecule has 1 aromatic carbocycles. The first kappa shape index (κ1) is 18.2. The van der Waals surface area contributed by atoms with E-state index in [-0.39, 0.29) is 29.6 Å². The molecular formula is C18H17F2N5O3. The van der Waals surface area contributed by atoms with Crippen LogP contribution in [0.25, 0.3) is 11.4 Å². The monoisotopic (exact) mass is 389 g/mol. The summed E-state index contributed by atoms with van der Waals surface area (Å²) in [5.74, 6) is -1.69. The minimum absolute atomic E-state index is 0.0134. The maximum atomic E-state index is 13.9. The molecule has 0 N–H and O–H groups in total. The first-order valence-corrected chi connectivity index (χ1v) is 8.86. The zero-order chi connectivity index (χ0) is 19.7. The Morgan fingerprint density at radius 2 is 2.00 bits per heavy atom. The number of rotatable bonds is 4. The number of halogens is 2. The van der Waals surface area contributed by atoms with Crippen molar-refractivity contribution in [3.63, 3.8) is 0 Å². The van der Waals surface area contributed by atoms with E-state index < -0.39 is 11.6 Å². The molecule has 3 aromatic rings. The Morgan fingerprint density at radius 3 is 2.71 bits per heavy atom. The summed E-state index contributed by atoms with van der Waals surface area (Å²) in [6.45, 7) is 2.79. The quantitative estimate of drug-likeness (QED) is 0.676. The van der Waals surface area contributed by atoms with Gasteiger partial charge in [0.05, 0.1) is 12.0 Å². The average molecular weight is 389 g/mol. The number of nitrogens with zero attached hydrogens (tertiary/aromatic N) is 5. The number of piperidine rings is 1. The predicted octanol–water partition coefficient (Wildman–Crippen LogP) is 2.65. The molecular weight excluding hydrogens is 372 g/mol. The van der Waals surface area contributed by atoms with Crippen molar-refractivity contribution in [1.29, 1.82) is 0 Å². The van der Waals surface area contributed by atoms with E-state index in [0.29, 0.717) is 43.2 Å². The minimum atomic E-state index is -1.01. The van der Waals surface area contributed by atoms with E-state index in [1.165, 1.54) is 12.1 Å². The van der Waals surface area contributed by atoms with Crippen LogP contribution in [-0.4, -0.2) is 44.4 Å². The Kier molecular flexibility index (Phi) is 4.84. The van der Waals surface area contributed by atoms with Crippen LogP contribution in [0.5, 0.6) is 0 Å². The summed E-state index contributed by atoms with van der Waals surface area (Å²) < 4.78 is 37.2. The van der Waals surface area contributed by atoms with Crippen molar-refractivity contribution < 1.29 is 22.7 Å². The molecule has 1 aliphatic heterocycles. The number of amides is 1. The van der Waals surface area contributed by atoms with Crippen molar-refractivity contribution in [3.8, 4) is 11.4 Å². The van der Waals surface area contributed by atoms with Gasteiger partial charge in [0.25, 0.3) is 0 Å². The number of hydrogen-bond acceptors (Lipinski definition) is 7. The Hall–Kier alpha value is -3.17. The molecule has 146 valence electrons. The van der Waals surface area contributed by atoms with Gasteiger partial charge in [-0.1, -0.05) is 21.5 Å². The van der Waals surface area contributed by atoms with Gasteiger partial charge in [0.2, 0.25) is 17.6 Å². The highest BCUT2D eigenvalue weighted by atomic mass is 19.2. The Labute approximate surface area is 158 Å². The standard InChI is InChI=1S/C18H17F2N5O3/c1-10-14(23-28-22-10)9-15(26)25-7-5-11(6-8-25)18-21-17(24-27-18)12-3-2-4-13(19)16(12)20/h2-4,11H,5-9H2,1H3. The van der Waals surface area contributed by atoms with Crippen LogP contribution in [0.3, 0.4) is 0 Å². The third-order valence-corrected chi connectivity index (χ3v) is 4.90. The van der Waals surface area contributed by atoms with Crippen molar-refractivity contribution in [2.24, 2.45) is 0 Å². The fourth-order valence-corrected chi connectivity index (χ4v) is 3.23. The van der Waals surface area contributed by atoms with Gasteiger partial charge >= 0.3 is 0 Å². The number of aryl methyl sites for hydroxylation is 1. The SMILES string of the molecule is Cc1nonc1CC(=O)N1CCC(c2nc(-c3cccc(F)c3F)no2)CC1. The molecule has 10 heteroatoms. The molecule has 28 heavy (non-hydrogen) atoms. The van der Waals surface area contributed by atoms with Crippen molar-refractivity contribution in [3.05, 3.63) is 47.1 Å². The maximum absolute atomic E-state index is 13.9. The molecule has 0 aliphatic carbocycles. The van der Waals surface area contributed by atoms with E-state index in [1.807, 2.05) is 0 Å². The molecule has 0 radical (unpaired) electrons. The second kappa shape index (κ2) is 7.45. The average Bonchev–Trinajstić information content (AvgIpc) is 3.34. The molecule has 8 nitrogen and oxygen atoms in total. The van der Waals surface area contributed by atoms with Crippen molar-refractivity contribution in [2.75, 3.05) is 13.1 Å². The van der Waals surface area contributed by atoms with Gasteiger partial charge in [0, 0.05) is 19.0 Å². The first-order valence-electron chi connectivity index (χ1n) is 8.86. The van der Waals surface area contributed by atoms with Crippen LogP contribution in [-0.2, 0) is 11.2 Å². The number of benzene rings is 1. The highest BCUT2D eigenvalue weighted by Gasteiger charge is 2.28. The molecule has 1 saturated heterocycles. The number of likely N-dealkylation sites (tertiary alicyclic amines) is 1. The lowest BCUT2D eigenvalue weighted by molar-refractivity contribution is -0.131. The molecule has 0 spiro atoms. The van der Waals surface area contributed by atoms with Crippen LogP contribution in [0.1, 0.15) is 36.0 Å². The van der Waals surface area contributed by atoms with Gasteiger partial charge < -0.3 is 9.42 Å². The molecule has 3 heterocycles. The van der Waals surface area contributed by atoms with E-state index in [1.54, 1.807) is 11.8 Å². The summed E-state index contributed by atoms with van der Waals surface area (Å²) >= 11 is 0. The minimum Gasteiger partial charge on any atom is -0.342 e. The van der Waals surface area contributed by atoms with Crippen LogP contribution in [0.15, 0.2) is 27.4 Å². The lowest BCUT2D eigenvalue weighted by Crippen LogP contribution is -2.39. The summed E-state index contributed by atoms with van der Waals surface area (Å²) in [6, 6.07) is 3.82. The maximum Gasteiger partial charge on any atom is 0.230 e. The molecule has 0 unspecified atom stereocenters. The Balaban J connectivity index is 1.39. The zero-order valence-corrected chi connectivity index (χ0v) is 15.1. The molecule has 1 aliphatic rings. The number of carbonyl (C=O) groups is 1. The summed E-state index contributed by atoms with van der Waals surface area (Å²) in [5, 5.41) is 11.2. The van der Waals surface area contributed by atoms with E-state index in [9.17, 15) is 13.6 Å². The molecule has 4 rings (SSSR count). The summed E-state index contributed by atoms with van der Waals surface area (Å²) in [7, 11) is 0. The molecule has 1 amide bonds. The summed E-state index contributed by atoms with van der Waals surface area (Å²) in [5.41, 5.74) is 1.09. The molecule has 0 atom stereocenters. The first-order chi connectivity index (χ1) is 13.5. The molecule has 1 fully saturated rings. The highest BCUT2D eigenvalue weighted by Crippen LogP contribution is 2.29. The predicted molar refractivity (Wildman–Crippen MR) is 90.9 cm³/mol. The van der Waals surface area contributed by atoms with Crippen LogP contribution in [0.4, 0.5) is 8.78 Å². The van der Waals surface area contributed by atoms with Crippen LogP contribution in [0, 0.1) is 18.6 Å². The van der Waals surface area contributed by atoms with Crippen LogP contribution in [0.2, 0.25) is 0 Å². The zero-order valence-electron chi connectivity index (χ0n) is 15.1. The smallest absolute Gasteiger partial charge is 0.230 e.